The van der Waals surface area contributed by atoms with E-state index in [0.29, 0.717) is 30.2 Å². The minimum Gasteiger partial charge on any atom is -0.469 e. The third kappa shape index (κ3) is 10.6. The number of hydrogen-bond acceptors (Lipinski definition) is 8. The molecule has 0 aromatic carbocycles. The molecule has 1 aromatic rings. The Morgan fingerprint density at radius 2 is 1.90 bits per heavy atom. The van der Waals surface area contributed by atoms with Crippen molar-refractivity contribution in [2.75, 3.05) is 31.3 Å². The average molecular weight is 427 g/mol. The molecule has 1 aromatic heterocycles. The summed E-state index contributed by atoms with van der Waals surface area (Å²) in [6.07, 6.45) is 2.78. The number of rotatable bonds is 11. The van der Waals surface area contributed by atoms with E-state index in [1.165, 1.54) is 25.1 Å². The van der Waals surface area contributed by atoms with Gasteiger partial charge in [0.05, 0.1) is 24.0 Å². The van der Waals surface area contributed by atoms with Crippen molar-refractivity contribution >= 4 is 35.5 Å². The fourth-order valence-electron chi connectivity index (χ4n) is 2.13. The van der Waals surface area contributed by atoms with E-state index in [2.05, 4.69) is 20.4 Å². The van der Waals surface area contributed by atoms with Crippen LogP contribution in [0.25, 0.3) is 0 Å². The van der Waals surface area contributed by atoms with Crippen molar-refractivity contribution in [3.8, 4) is 0 Å². The van der Waals surface area contributed by atoms with Crippen molar-refractivity contribution in [2.45, 2.75) is 50.5 Å². The fourth-order valence-corrected chi connectivity index (χ4v) is 3.09. The van der Waals surface area contributed by atoms with Crippen LogP contribution in [0.5, 0.6) is 0 Å². The van der Waals surface area contributed by atoms with Crippen molar-refractivity contribution < 1.29 is 23.9 Å². The van der Waals surface area contributed by atoms with Crippen LogP contribution in [0.3, 0.4) is 0 Å². The lowest BCUT2D eigenvalue weighted by molar-refractivity contribution is -0.140. The standard InChI is InChI=1S/C19H30N4O5S/c1-19(2,3)28-18(26)22-9-6-5-8-21-17-14(29-10-7-15(24)27-4)11-13(12-23-17)16(20)25/h11-12H,5-10H2,1-4H3,(H2,20,25)(H,21,23)(H,22,26). The fraction of sp³-hybridized carbons (Fsp3) is 0.579. The molecular formula is C19H30N4O5S. The SMILES string of the molecule is COC(=O)CCSc1cc(C(N)=O)cnc1NCCCCNC(=O)OC(C)(C)C. The smallest absolute Gasteiger partial charge is 0.407 e. The maximum Gasteiger partial charge on any atom is 0.407 e. The largest absolute Gasteiger partial charge is 0.469 e. The van der Waals surface area contributed by atoms with Crippen molar-refractivity contribution in [1.82, 2.24) is 10.3 Å². The number of pyridine rings is 1. The second-order valence-corrected chi connectivity index (χ2v) is 8.31. The average Bonchev–Trinajstić information content (AvgIpc) is 2.63. The van der Waals surface area contributed by atoms with Gasteiger partial charge in [-0.2, -0.15) is 0 Å². The Bertz CT molecular complexity index is 706. The van der Waals surface area contributed by atoms with E-state index in [0.717, 1.165) is 17.7 Å². The highest BCUT2D eigenvalue weighted by molar-refractivity contribution is 7.99. The molecule has 0 bridgehead atoms. The number of methoxy groups -OCH3 is 1. The molecule has 1 rings (SSSR count). The zero-order valence-electron chi connectivity index (χ0n) is 17.4. The Labute approximate surface area is 175 Å². The summed E-state index contributed by atoms with van der Waals surface area (Å²) in [7, 11) is 1.34. The van der Waals surface area contributed by atoms with Crippen LogP contribution < -0.4 is 16.4 Å². The van der Waals surface area contributed by atoms with E-state index >= 15 is 0 Å². The van der Waals surface area contributed by atoms with Crippen molar-refractivity contribution in [2.24, 2.45) is 5.73 Å². The van der Waals surface area contributed by atoms with Gasteiger partial charge >= 0.3 is 12.1 Å². The third-order valence-electron chi connectivity index (χ3n) is 3.49. The molecule has 0 aliphatic heterocycles. The molecule has 9 nitrogen and oxygen atoms in total. The molecule has 10 heteroatoms. The Morgan fingerprint density at radius 3 is 2.52 bits per heavy atom. The molecule has 29 heavy (non-hydrogen) atoms. The highest BCUT2D eigenvalue weighted by atomic mass is 32.2. The van der Waals surface area contributed by atoms with Crippen LogP contribution >= 0.6 is 11.8 Å². The number of thioether (sulfide) groups is 1. The monoisotopic (exact) mass is 426 g/mol. The summed E-state index contributed by atoms with van der Waals surface area (Å²) in [5.41, 5.74) is 5.11. The summed E-state index contributed by atoms with van der Waals surface area (Å²) in [6.45, 7) is 6.57. The lowest BCUT2D eigenvalue weighted by Gasteiger charge is -2.19. The summed E-state index contributed by atoms with van der Waals surface area (Å²) in [5, 5.41) is 5.92. The number of amides is 2. The van der Waals surface area contributed by atoms with Gasteiger partial charge in [0.2, 0.25) is 5.91 Å². The molecule has 0 saturated carbocycles. The van der Waals surface area contributed by atoms with E-state index in [-0.39, 0.29) is 12.4 Å². The quantitative estimate of drug-likeness (QED) is 0.279. The number of nitrogens with two attached hydrogens (primary N) is 1. The molecule has 0 aliphatic carbocycles. The van der Waals surface area contributed by atoms with Gasteiger partial charge in [0, 0.05) is 25.0 Å². The second kappa shape index (κ2) is 12.2. The number of nitrogens with zero attached hydrogens (tertiary/aromatic N) is 1. The lowest BCUT2D eigenvalue weighted by atomic mass is 10.2. The third-order valence-corrected chi connectivity index (χ3v) is 4.52. The predicted molar refractivity (Wildman–Crippen MR) is 112 cm³/mol. The molecule has 1 heterocycles. The molecule has 0 radical (unpaired) electrons. The summed E-state index contributed by atoms with van der Waals surface area (Å²) < 4.78 is 9.80. The zero-order chi connectivity index (χ0) is 21.9. The Kier molecular flexibility index (Phi) is 10.3. The number of ether oxygens (including phenoxy) is 2. The molecule has 0 aliphatic rings. The van der Waals surface area contributed by atoms with Gasteiger partial charge in [-0.05, 0) is 39.7 Å². The molecule has 0 spiro atoms. The molecule has 4 N–H and O–H groups in total. The van der Waals surface area contributed by atoms with Crippen LogP contribution in [-0.2, 0) is 14.3 Å². The minimum atomic E-state index is -0.563. The number of carbonyl (C=O) groups is 3. The summed E-state index contributed by atoms with van der Waals surface area (Å²) in [4.78, 5) is 39.3. The van der Waals surface area contributed by atoms with Crippen molar-refractivity contribution in [1.29, 1.82) is 0 Å². The van der Waals surface area contributed by atoms with Crippen LogP contribution in [-0.4, -0.2) is 54.5 Å². The molecule has 162 valence electrons. The van der Waals surface area contributed by atoms with Gasteiger partial charge in [-0.25, -0.2) is 9.78 Å². The molecule has 0 atom stereocenters. The molecule has 2 amide bonds. The minimum absolute atomic E-state index is 0.248. The summed E-state index contributed by atoms with van der Waals surface area (Å²) >= 11 is 1.39. The van der Waals surface area contributed by atoms with E-state index < -0.39 is 17.6 Å². The van der Waals surface area contributed by atoms with E-state index in [4.69, 9.17) is 10.5 Å². The first-order chi connectivity index (χ1) is 13.6. The Hall–Kier alpha value is -2.49. The molecule has 0 fully saturated rings. The number of anilines is 1. The van der Waals surface area contributed by atoms with Crippen LogP contribution in [0.4, 0.5) is 10.6 Å². The number of nitrogens with one attached hydrogen (secondary N) is 2. The van der Waals surface area contributed by atoms with Gasteiger partial charge in [-0.3, -0.25) is 9.59 Å². The summed E-state index contributed by atoms with van der Waals surface area (Å²) in [6, 6.07) is 1.66. The van der Waals surface area contributed by atoms with Crippen molar-refractivity contribution in [3.63, 3.8) is 0 Å². The number of alkyl carbamates (subject to hydrolysis) is 1. The number of esters is 1. The topological polar surface area (TPSA) is 133 Å². The predicted octanol–water partition coefficient (Wildman–Crippen LogP) is 2.55. The Balaban J connectivity index is 2.48. The van der Waals surface area contributed by atoms with E-state index in [1.54, 1.807) is 6.07 Å². The number of hydrogen-bond donors (Lipinski definition) is 3. The number of unbranched alkanes of at least 4 members (excludes halogenated alkanes) is 1. The van der Waals surface area contributed by atoms with Gasteiger partial charge in [0.25, 0.3) is 0 Å². The van der Waals surface area contributed by atoms with Gasteiger partial charge in [0.15, 0.2) is 0 Å². The van der Waals surface area contributed by atoms with Gasteiger partial charge in [0.1, 0.15) is 11.4 Å². The van der Waals surface area contributed by atoms with Gasteiger partial charge < -0.3 is 25.8 Å². The lowest BCUT2D eigenvalue weighted by Crippen LogP contribution is -2.33. The van der Waals surface area contributed by atoms with Crippen molar-refractivity contribution in [3.05, 3.63) is 17.8 Å². The van der Waals surface area contributed by atoms with Crippen LogP contribution in [0.2, 0.25) is 0 Å². The van der Waals surface area contributed by atoms with Crippen LogP contribution in [0.15, 0.2) is 17.2 Å². The molecular weight excluding hydrogens is 396 g/mol. The first-order valence-corrected chi connectivity index (χ1v) is 10.3. The summed E-state index contributed by atoms with van der Waals surface area (Å²) in [5.74, 6) is 0.242. The van der Waals surface area contributed by atoms with E-state index in [1.807, 2.05) is 20.8 Å². The first kappa shape index (κ1) is 24.5. The number of carbonyl (C=O) groups excluding carboxylic acids is 3. The second-order valence-electron chi connectivity index (χ2n) is 7.17. The first-order valence-electron chi connectivity index (χ1n) is 9.32. The van der Waals surface area contributed by atoms with Gasteiger partial charge in [-0.15, -0.1) is 11.8 Å². The Morgan fingerprint density at radius 1 is 1.21 bits per heavy atom. The number of primary amides is 1. The highest BCUT2D eigenvalue weighted by Crippen LogP contribution is 2.27. The maximum atomic E-state index is 11.6. The molecule has 0 saturated heterocycles. The molecule has 0 unspecified atom stereocenters. The van der Waals surface area contributed by atoms with Crippen LogP contribution in [0.1, 0.15) is 50.4 Å². The van der Waals surface area contributed by atoms with Gasteiger partial charge in [-0.1, -0.05) is 0 Å². The maximum absolute atomic E-state index is 11.6. The normalized spacial score (nSPS) is 10.9. The van der Waals surface area contributed by atoms with E-state index in [9.17, 15) is 14.4 Å². The highest BCUT2D eigenvalue weighted by Gasteiger charge is 2.15. The van der Waals surface area contributed by atoms with Crippen LogP contribution in [0, 0.1) is 0 Å². The number of aromatic nitrogens is 1. The zero-order valence-corrected chi connectivity index (χ0v) is 18.2.